The van der Waals surface area contributed by atoms with Crippen molar-refractivity contribution in [2.75, 3.05) is 5.73 Å². The number of anilines is 1. The van der Waals surface area contributed by atoms with Gasteiger partial charge in [0, 0.05) is 13.7 Å². The van der Waals surface area contributed by atoms with E-state index in [2.05, 4.69) is 53.4 Å². The topological polar surface area (TPSA) is 26.0 Å². The first kappa shape index (κ1) is 8.65. The molecule has 0 spiro atoms. The van der Waals surface area contributed by atoms with Gasteiger partial charge in [-0.3, -0.25) is 0 Å². The molecule has 2 aromatic rings. The third-order valence-electron chi connectivity index (χ3n) is 1.67. The standard InChI is InChI=1S/C8H6INS2/c9-4-1-2-6-5(3-4)7(10)8(11)12-6/h1-3,11H,10H2. The number of halogens is 1. The zero-order valence-corrected chi connectivity index (χ0v) is 9.91. The predicted molar refractivity (Wildman–Crippen MR) is 66.2 cm³/mol. The van der Waals surface area contributed by atoms with Crippen LogP contribution in [-0.2, 0) is 0 Å². The molecule has 0 aliphatic rings. The minimum absolute atomic E-state index is 0.803. The van der Waals surface area contributed by atoms with Crippen LogP contribution in [0, 0.1) is 3.57 Å². The average molecular weight is 307 g/mol. The van der Waals surface area contributed by atoms with Crippen LogP contribution in [0.3, 0.4) is 0 Å². The summed E-state index contributed by atoms with van der Waals surface area (Å²) >= 11 is 8.18. The highest BCUT2D eigenvalue weighted by Gasteiger charge is 2.05. The summed E-state index contributed by atoms with van der Waals surface area (Å²) in [5.41, 5.74) is 6.64. The van der Waals surface area contributed by atoms with Crippen molar-refractivity contribution in [3.63, 3.8) is 0 Å². The first-order chi connectivity index (χ1) is 5.68. The van der Waals surface area contributed by atoms with Gasteiger partial charge in [0.15, 0.2) is 0 Å². The summed E-state index contributed by atoms with van der Waals surface area (Å²) < 4.78 is 3.32. The fourth-order valence-corrected chi connectivity index (χ4v) is 2.83. The zero-order chi connectivity index (χ0) is 8.72. The molecule has 0 aliphatic heterocycles. The summed E-state index contributed by atoms with van der Waals surface area (Å²) in [5, 5.41) is 1.12. The zero-order valence-electron chi connectivity index (χ0n) is 6.04. The van der Waals surface area contributed by atoms with Crippen molar-refractivity contribution in [1.82, 2.24) is 0 Å². The van der Waals surface area contributed by atoms with Crippen LogP contribution in [0.25, 0.3) is 10.1 Å². The Bertz CT molecular complexity index is 436. The van der Waals surface area contributed by atoms with Gasteiger partial charge in [0.2, 0.25) is 0 Å². The first-order valence-electron chi connectivity index (χ1n) is 3.35. The minimum Gasteiger partial charge on any atom is -0.397 e. The number of hydrogen-bond acceptors (Lipinski definition) is 3. The fraction of sp³-hybridized carbons (Fsp3) is 0. The van der Waals surface area contributed by atoms with Crippen LogP contribution in [-0.4, -0.2) is 0 Å². The number of nitrogen functional groups attached to an aromatic ring is 1. The highest BCUT2D eigenvalue weighted by molar-refractivity contribution is 14.1. The van der Waals surface area contributed by atoms with Crippen molar-refractivity contribution in [2.24, 2.45) is 0 Å². The SMILES string of the molecule is Nc1c(S)sc2ccc(I)cc12. The van der Waals surface area contributed by atoms with E-state index in [0.29, 0.717) is 0 Å². The average Bonchev–Trinajstić information content (AvgIpc) is 2.31. The lowest BCUT2D eigenvalue weighted by Crippen LogP contribution is -1.82. The number of hydrogen-bond donors (Lipinski definition) is 2. The molecule has 1 aromatic carbocycles. The molecule has 1 heterocycles. The van der Waals surface area contributed by atoms with E-state index in [-0.39, 0.29) is 0 Å². The molecule has 0 amide bonds. The molecule has 1 nitrogen and oxygen atoms in total. The molecule has 12 heavy (non-hydrogen) atoms. The molecule has 0 radical (unpaired) electrons. The van der Waals surface area contributed by atoms with E-state index in [1.54, 1.807) is 11.3 Å². The second-order valence-corrected chi connectivity index (χ2v) is 5.51. The molecule has 2 N–H and O–H groups in total. The van der Waals surface area contributed by atoms with Crippen molar-refractivity contribution in [3.05, 3.63) is 21.8 Å². The summed E-state index contributed by atoms with van der Waals surface area (Å²) in [6.45, 7) is 0. The van der Waals surface area contributed by atoms with Gasteiger partial charge in [0.1, 0.15) is 0 Å². The third kappa shape index (κ3) is 1.31. The predicted octanol–water partition coefficient (Wildman–Crippen LogP) is 3.38. The second kappa shape index (κ2) is 3.08. The molecule has 0 unspecified atom stereocenters. The fourth-order valence-electron chi connectivity index (χ4n) is 1.08. The van der Waals surface area contributed by atoms with Gasteiger partial charge in [-0.05, 0) is 40.8 Å². The monoisotopic (exact) mass is 307 g/mol. The Morgan fingerprint density at radius 3 is 2.92 bits per heavy atom. The van der Waals surface area contributed by atoms with Crippen LogP contribution >= 0.6 is 46.6 Å². The number of nitrogens with two attached hydrogens (primary N) is 1. The second-order valence-electron chi connectivity index (χ2n) is 2.46. The normalized spacial score (nSPS) is 10.8. The molecule has 62 valence electrons. The Labute approximate surface area is 93.5 Å². The number of rotatable bonds is 0. The number of thiophene rings is 1. The lowest BCUT2D eigenvalue weighted by molar-refractivity contribution is 1.70. The molecule has 1 aromatic heterocycles. The molecule has 0 bridgehead atoms. The van der Waals surface area contributed by atoms with E-state index in [0.717, 1.165) is 15.3 Å². The highest BCUT2D eigenvalue weighted by Crippen LogP contribution is 2.36. The lowest BCUT2D eigenvalue weighted by atomic mass is 10.2. The quantitative estimate of drug-likeness (QED) is 0.566. The highest BCUT2D eigenvalue weighted by atomic mass is 127. The largest absolute Gasteiger partial charge is 0.397 e. The molecular weight excluding hydrogens is 301 g/mol. The smallest absolute Gasteiger partial charge is 0.0811 e. The summed E-state index contributed by atoms with van der Waals surface area (Å²) in [6, 6.07) is 6.24. The van der Waals surface area contributed by atoms with Crippen LogP contribution in [0.4, 0.5) is 5.69 Å². The van der Waals surface area contributed by atoms with Gasteiger partial charge in [-0.1, -0.05) is 0 Å². The molecule has 0 saturated heterocycles. The van der Waals surface area contributed by atoms with E-state index in [9.17, 15) is 0 Å². The third-order valence-corrected chi connectivity index (χ3v) is 3.84. The van der Waals surface area contributed by atoms with Gasteiger partial charge < -0.3 is 5.73 Å². The van der Waals surface area contributed by atoms with E-state index in [4.69, 9.17) is 5.73 Å². The Balaban J connectivity index is 2.88. The van der Waals surface area contributed by atoms with E-state index < -0.39 is 0 Å². The van der Waals surface area contributed by atoms with Crippen molar-refractivity contribution in [2.45, 2.75) is 4.21 Å². The van der Waals surface area contributed by atoms with Crippen LogP contribution in [0.1, 0.15) is 0 Å². The van der Waals surface area contributed by atoms with Crippen LogP contribution in [0.5, 0.6) is 0 Å². The minimum atomic E-state index is 0.803. The summed E-state index contributed by atoms with van der Waals surface area (Å²) in [5.74, 6) is 0. The maximum absolute atomic E-state index is 5.84. The molecular formula is C8H6INS2. The van der Waals surface area contributed by atoms with E-state index >= 15 is 0 Å². The summed E-state index contributed by atoms with van der Waals surface area (Å²) in [7, 11) is 0. The Morgan fingerprint density at radius 2 is 2.17 bits per heavy atom. The number of benzene rings is 1. The van der Waals surface area contributed by atoms with Crippen molar-refractivity contribution < 1.29 is 0 Å². The van der Waals surface area contributed by atoms with Gasteiger partial charge >= 0.3 is 0 Å². The molecule has 0 atom stereocenters. The van der Waals surface area contributed by atoms with Crippen LogP contribution in [0.15, 0.2) is 22.4 Å². The van der Waals surface area contributed by atoms with Crippen LogP contribution < -0.4 is 5.73 Å². The van der Waals surface area contributed by atoms with Gasteiger partial charge in [0.05, 0.1) is 9.90 Å². The van der Waals surface area contributed by atoms with Crippen molar-refractivity contribution in [3.8, 4) is 0 Å². The van der Waals surface area contributed by atoms with Crippen molar-refractivity contribution >= 4 is 62.3 Å². The summed E-state index contributed by atoms with van der Waals surface area (Å²) in [4.78, 5) is 0. The van der Waals surface area contributed by atoms with Gasteiger partial charge in [0.25, 0.3) is 0 Å². The molecule has 2 rings (SSSR count). The molecule has 0 aliphatic carbocycles. The van der Waals surface area contributed by atoms with E-state index in [1.807, 2.05) is 0 Å². The van der Waals surface area contributed by atoms with E-state index in [1.165, 1.54) is 8.27 Å². The maximum Gasteiger partial charge on any atom is 0.0811 e. The molecule has 0 fully saturated rings. The van der Waals surface area contributed by atoms with Crippen LogP contribution in [0.2, 0.25) is 0 Å². The van der Waals surface area contributed by atoms with Gasteiger partial charge in [-0.15, -0.1) is 24.0 Å². The Kier molecular flexibility index (Phi) is 2.22. The molecule has 4 heteroatoms. The molecule has 0 saturated carbocycles. The first-order valence-corrected chi connectivity index (χ1v) is 5.69. The van der Waals surface area contributed by atoms with Crippen molar-refractivity contribution in [1.29, 1.82) is 0 Å². The number of thiol groups is 1. The Hall–Kier alpha value is 0.0600. The lowest BCUT2D eigenvalue weighted by Gasteiger charge is -1.92. The summed E-state index contributed by atoms with van der Waals surface area (Å²) in [6.07, 6.45) is 0. The maximum atomic E-state index is 5.84. The Morgan fingerprint density at radius 1 is 1.42 bits per heavy atom. The van der Waals surface area contributed by atoms with Gasteiger partial charge in [-0.25, -0.2) is 0 Å². The number of fused-ring (bicyclic) bond motifs is 1. The van der Waals surface area contributed by atoms with Gasteiger partial charge in [-0.2, -0.15) is 0 Å².